The maximum absolute atomic E-state index is 9.36. The average molecular weight is 439 g/mol. The van der Waals surface area contributed by atoms with E-state index in [1.807, 2.05) is 6.07 Å². The molecule has 2 N–H and O–H groups in total. The van der Waals surface area contributed by atoms with E-state index < -0.39 is 0 Å². The number of hydrogen-bond acceptors (Lipinski definition) is 4. The van der Waals surface area contributed by atoms with E-state index in [2.05, 4.69) is 5.32 Å². The van der Waals surface area contributed by atoms with Crippen LogP contribution < -0.4 is 14.8 Å². The van der Waals surface area contributed by atoms with Crippen LogP contribution in [0.2, 0.25) is 15.1 Å². The Hall–Kier alpha value is -2.27. The second-order valence-electron chi connectivity index (χ2n) is 5.98. The summed E-state index contributed by atoms with van der Waals surface area (Å²) < 4.78 is 11.3. The van der Waals surface area contributed by atoms with Crippen LogP contribution in [0.5, 0.6) is 17.2 Å². The zero-order chi connectivity index (χ0) is 20.1. The number of methoxy groups -OCH3 is 1. The first-order chi connectivity index (χ1) is 13.5. The highest BCUT2D eigenvalue weighted by atomic mass is 35.5. The summed E-state index contributed by atoms with van der Waals surface area (Å²) >= 11 is 18.8. The van der Waals surface area contributed by atoms with Crippen LogP contribution in [-0.4, -0.2) is 12.2 Å². The molecular formula is C21H18Cl3NO3. The Morgan fingerprint density at radius 1 is 0.893 bits per heavy atom. The van der Waals surface area contributed by atoms with Crippen molar-refractivity contribution in [3.05, 3.63) is 80.8 Å². The van der Waals surface area contributed by atoms with Gasteiger partial charge in [-0.2, -0.15) is 0 Å². The van der Waals surface area contributed by atoms with Gasteiger partial charge in [0.25, 0.3) is 0 Å². The second-order valence-corrected chi connectivity index (χ2v) is 7.21. The molecule has 0 aromatic heterocycles. The lowest BCUT2D eigenvalue weighted by molar-refractivity contribution is 0.284. The molecule has 3 aromatic rings. The SMILES string of the molecule is COc1cc(CNc2ccc(O)cc2)c(Cl)cc1OCc1c(Cl)cccc1Cl. The fourth-order valence-corrected chi connectivity index (χ4v) is 3.31. The molecule has 0 aliphatic heterocycles. The molecule has 28 heavy (non-hydrogen) atoms. The van der Waals surface area contributed by atoms with Gasteiger partial charge in [0.15, 0.2) is 11.5 Å². The summed E-state index contributed by atoms with van der Waals surface area (Å²) in [5, 5.41) is 14.2. The Kier molecular flexibility index (Phi) is 6.79. The molecule has 0 spiro atoms. The van der Waals surface area contributed by atoms with Crippen LogP contribution in [-0.2, 0) is 13.2 Å². The second kappa shape index (κ2) is 9.28. The number of phenolic OH excluding ortho intramolecular Hbond substituents is 1. The Labute approximate surface area is 178 Å². The van der Waals surface area contributed by atoms with Crippen molar-refractivity contribution < 1.29 is 14.6 Å². The fourth-order valence-electron chi connectivity index (χ4n) is 2.58. The number of benzene rings is 3. The predicted molar refractivity (Wildman–Crippen MR) is 114 cm³/mol. The van der Waals surface area contributed by atoms with Gasteiger partial charge >= 0.3 is 0 Å². The first-order valence-corrected chi connectivity index (χ1v) is 9.56. The van der Waals surface area contributed by atoms with Crippen LogP contribution in [0.25, 0.3) is 0 Å². The molecule has 0 heterocycles. The third-order valence-corrected chi connectivity index (χ3v) is 5.18. The highest BCUT2D eigenvalue weighted by Gasteiger charge is 2.13. The topological polar surface area (TPSA) is 50.7 Å². The van der Waals surface area contributed by atoms with Crippen molar-refractivity contribution in [2.75, 3.05) is 12.4 Å². The monoisotopic (exact) mass is 437 g/mol. The lowest BCUT2D eigenvalue weighted by Crippen LogP contribution is -2.03. The lowest BCUT2D eigenvalue weighted by atomic mass is 10.2. The molecule has 3 rings (SSSR count). The van der Waals surface area contributed by atoms with Gasteiger partial charge in [0, 0.05) is 38.9 Å². The molecule has 0 amide bonds. The highest BCUT2D eigenvalue weighted by Crippen LogP contribution is 2.35. The minimum atomic E-state index is 0.191. The minimum absolute atomic E-state index is 0.191. The molecule has 146 valence electrons. The molecule has 0 bridgehead atoms. The fraction of sp³-hybridized carbons (Fsp3) is 0.143. The van der Waals surface area contributed by atoms with Crippen molar-refractivity contribution in [2.45, 2.75) is 13.2 Å². The van der Waals surface area contributed by atoms with Crippen molar-refractivity contribution in [1.29, 1.82) is 0 Å². The van der Waals surface area contributed by atoms with Gasteiger partial charge in [-0.1, -0.05) is 40.9 Å². The summed E-state index contributed by atoms with van der Waals surface area (Å²) in [5.41, 5.74) is 2.40. The van der Waals surface area contributed by atoms with Crippen molar-refractivity contribution in [2.24, 2.45) is 0 Å². The maximum atomic E-state index is 9.36. The Morgan fingerprint density at radius 3 is 2.21 bits per heavy atom. The summed E-state index contributed by atoms with van der Waals surface area (Å²) in [7, 11) is 1.57. The number of hydrogen-bond donors (Lipinski definition) is 2. The van der Waals surface area contributed by atoms with Crippen molar-refractivity contribution in [3.8, 4) is 17.2 Å². The zero-order valence-corrected chi connectivity index (χ0v) is 17.3. The molecule has 0 atom stereocenters. The van der Waals surface area contributed by atoms with E-state index in [9.17, 15) is 5.11 Å². The van der Waals surface area contributed by atoms with Gasteiger partial charge in [-0.15, -0.1) is 0 Å². The summed E-state index contributed by atoms with van der Waals surface area (Å²) in [5.74, 6) is 1.26. The van der Waals surface area contributed by atoms with Gasteiger partial charge in [0.1, 0.15) is 12.4 Å². The lowest BCUT2D eigenvalue weighted by Gasteiger charge is -2.15. The summed E-state index contributed by atoms with van der Waals surface area (Å²) in [6.45, 7) is 0.674. The van der Waals surface area contributed by atoms with Gasteiger partial charge in [0.2, 0.25) is 0 Å². The number of ether oxygens (including phenoxy) is 2. The number of anilines is 1. The van der Waals surface area contributed by atoms with E-state index >= 15 is 0 Å². The first-order valence-electron chi connectivity index (χ1n) is 8.43. The molecule has 0 aliphatic rings. The Balaban J connectivity index is 1.74. The number of nitrogens with one attached hydrogen (secondary N) is 1. The molecule has 3 aromatic carbocycles. The third kappa shape index (κ3) is 4.96. The summed E-state index contributed by atoms with van der Waals surface area (Å²) in [6.07, 6.45) is 0. The van der Waals surface area contributed by atoms with Crippen LogP contribution in [0, 0.1) is 0 Å². The summed E-state index contributed by atoms with van der Waals surface area (Å²) in [4.78, 5) is 0. The van der Waals surface area contributed by atoms with Gasteiger partial charge in [0.05, 0.1) is 7.11 Å². The molecule has 0 fully saturated rings. The largest absolute Gasteiger partial charge is 0.508 e. The van der Waals surface area contributed by atoms with Crippen molar-refractivity contribution in [1.82, 2.24) is 0 Å². The Bertz CT molecular complexity index is 942. The smallest absolute Gasteiger partial charge is 0.163 e. The molecule has 0 aliphatic carbocycles. The molecule has 0 unspecified atom stereocenters. The van der Waals surface area contributed by atoms with E-state index in [1.165, 1.54) is 0 Å². The molecule has 4 nitrogen and oxygen atoms in total. The zero-order valence-electron chi connectivity index (χ0n) is 15.0. The molecule has 0 radical (unpaired) electrons. The molecule has 7 heteroatoms. The Morgan fingerprint density at radius 2 is 1.57 bits per heavy atom. The van der Waals surface area contributed by atoms with E-state index in [-0.39, 0.29) is 12.4 Å². The van der Waals surface area contributed by atoms with Crippen LogP contribution in [0.1, 0.15) is 11.1 Å². The number of rotatable bonds is 7. The van der Waals surface area contributed by atoms with Crippen LogP contribution in [0.15, 0.2) is 54.6 Å². The third-order valence-electron chi connectivity index (χ3n) is 4.12. The number of halogens is 3. The van der Waals surface area contributed by atoms with E-state index in [0.717, 1.165) is 11.3 Å². The normalized spacial score (nSPS) is 10.6. The quantitative estimate of drug-likeness (QED) is 0.411. The van der Waals surface area contributed by atoms with Crippen LogP contribution >= 0.6 is 34.8 Å². The minimum Gasteiger partial charge on any atom is -0.508 e. The maximum Gasteiger partial charge on any atom is 0.163 e. The van der Waals surface area contributed by atoms with Crippen LogP contribution in [0.4, 0.5) is 5.69 Å². The predicted octanol–water partition coefficient (Wildman–Crippen LogP) is 6.55. The van der Waals surface area contributed by atoms with Gasteiger partial charge in [-0.05, 0) is 48.0 Å². The molecule has 0 saturated heterocycles. The molecule has 0 saturated carbocycles. The van der Waals surface area contributed by atoms with Gasteiger partial charge < -0.3 is 19.9 Å². The van der Waals surface area contributed by atoms with Crippen molar-refractivity contribution >= 4 is 40.5 Å². The van der Waals surface area contributed by atoms with Crippen LogP contribution in [0.3, 0.4) is 0 Å². The van der Waals surface area contributed by atoms with E-state index in [1.54, 1.807) is 55.6 Å². The van der Waals surface area contributed by atoms with E-state index in [4.69, 9.17) is 44.3 Å². The highest BCUT2D eigenvalue weighted by molar-refractivity contribution is 6.36. The standard InChI is InChI=1S/C21H18Cl3NO3/c1-27-20-9-13(11-25-14-5-7-15(26)8-6-14)19(24)10-21(20)28-12-16-17(22)3-2-4-18(16)23/h2-10,25-26H,11-12H2,1H3. The number of aromatic hydroxyl groups is 1. The van der Waals surface area contributed by atoms with E-state index in [0.29, 0.717) is 38.7 Å². The first kappa shape index (κ1) is 20.5. The number of phenols is 1. The summed E-state index contributed by atoms with van der Waals surface area (Å²) in [6, 6.07) is 15.6. The molecular weight excluding hydrogens is 421 g/mol. The van der Waals surface area contributed by atoms with Crippen molar-refractivity contribution in [3.63, 3.8) is 0 Å². The van der Waals surface area contributed by atoms with Gasteiger partial charge in [-0.3, -0.25) is 0 Å². The average Bonchev–Trinajstić information content (AvgIpc) is 2.68. The van der Waals surface area contributed by atoms with Gasteiger partial charge in [-0.25, -0.2) is 0 Å².